The van der Waals surface area contributed by atoms with Gasteiger partial charge in [-0.1, -0.05) is 0 Å². The Labute approximate surface area is 96.4 Å². The molecular weight excluding hydrogens is 221 g/mol. The Balaban J connectivity index is 2.12. The first-order chi connectivity index (χ1) is 7.47. The lowest BCUT2D eigenvalue weighted by atomic mass is 10.3. The van der Waals surface area contributed by atoms with E-state index in [0.29, 0.717) is 17.4 Å². The zero-order chi connectivity index (χ0) is 11.8. The predicted octanol–water partition coefficient (Wildman–Crippen LogP) is 2.31. The second-order valence-corrected chi connectivity index (χ2v) is 8.05. The molecule has 0 radical (unpaired) electrons. The Bertz CT molecular complexity index is 435. The fourth-order valence-electron chi connectivity index (χ4n) is 1.49. The number of nitrogen functional groups attached to an aromatic ring is 1. The molecule has 1 aliphatic carbocycles. The van der Waals surface area contributed by atoms with Crippen molar-refractivity contribution >= 4 is 18.1 Å². The normalized spacial score (nSPS) is 16.1. The summed E-state index contributed by atoms with van der Waals surface area (Å²) >= 11 is 0. The topological polar surface area (TPSA) is 52.3 Å². The van der Waals surface area contributed by atoms with E-state index < -0.39 is 7.14 Å². The molecule has 2 N–H and O–H groups in total. The third-order valence-corrected chi connectivity index (χ3v) is 4.31. The number of benzene rings is 1. The third kappa shape index (κ3) is 2.79. The minimum atomic E-state index is -2.23. The molecule has 0 aromatic heterocycles. The molecule has 1 fully saturated rings. The number of nitrogens with two attached hydrogens (primary N) is 1. The van der Waals surface area contributed by atoms with E-state index in [-0.39, 0.29) is 0 Å². The van der Waals surface area contributed by atoms with Crippen molar-refractivity contribution in [3.8, 4) is 5.75 Å². The van der Waals surface area contributed by atoms with Gasteiger partial charge in [-0.25, -0.2) is 0 Å². The van der Waals surface area contributed by atoms with Crippen LogP contribution >= 0.6 is 7.14 Å². The van der Waals surface area contributed by atoms with Crippen molar-refractivity contribution in [1.82, 2.24) is 0 Å². The first-order valence-corrected chi connectivity index (χ1v) is 8.15. The molecule has 88 valence electrons. The third-order valence-electron chi connectivity index (χ3n) is 2.79. The molecule has 0 spiro atoms. The summed E-state index contributed by atoms with van der Waals surface area (Å²) < 4.78 is 17.5. The van der Waals surface area contributed by atoms with E-state index in [1.54, 1.807) is 19.4 Å². The number of hydrogen-bond acceptors (Lipinski definition) is 3. The Morgan fingerprint density at radius 2 is 2.12 bits per heavy atom. The van der Waals surface area contributed by atoms with Gasteiger partial charge in [0.05, 0.1) is 12.3 Å². The van der Waals surface area contributed by atoms with Crippen LogP contribution in [-0.4, -0.2) is 19.9 Å². The van der Waals surface area contributed by atoms with Crippen molar-refractivity contribution in [3.63, 3.8) is 0 Å². The van der Waals surface area contributed by atoms with Gasteiger partial charge in [0.1, 0.15) is 12.9 Å². The summed E-state index contributed by atoms with van der Waals surface area (Å²) in [6.07, 6.45) is 2.52. The van der Waals surface area contributed by atoms with Crippen LogP contribution in [0, 0.1) is 5.92 Å². The van der Waals surface area contributed by atoms with E-state index in [2.05, 4.69) is 0 Å². The van der Waals surface area contributed by atoms with Gasteiger partial charge >= 0.3 is 0 Å². The summed E-state index contributed by atoms with van der Waals surface area (Å²) in [5, 5.41) is 0.809. The predicted molar refractivity (Wildman–Crippen MR) is 68.2 cm³/mol. The van der Waals surface area contributed by atoms with Gasteiger partial charge in [0, 0.05) is 5.30 Å². The molecule has 0 aliphatic heterocycles. The highest BCUT2D eigenvalue weighted by molar-refractivity contribution is 7.70. The lowest BCUT2D eigenvalue weighted by Crippen LogP contribution is -2.07. The Kier molecular flexibility index (Phi) is 2.98. The van der Waals surface area contributed by atoms with Crippen LogP contribution in [0.4, 0.5) is 5.69 Å². The van der Waals surface area contributed by atoms with Crippen LogP contribution in [0.25, 0.3) is 0 Å². The number of ether oxygens (including phenoxy) is 1. The van der Waals surface area contributed by atoms with Crippen LogP contribution < -0.4 is 15.8 Å². The second-order valence-electron chi connectivity index (χ2n) is 4.83. The largest absolute Gasteiger partial charge is 0.491 e. The molecule has 3 nitrogen and oxygen atoms in total. The fourth-order valence-corrected chi connectivity index (χ4v) is 2.38. The number of rotatable bonds is 4. The van der Waals surface area contributed by atoms with Crippen molar-refractivity contribution in [1.29, 1.82) is 0 Å². The molecule has 2 rings (SSSR count). The van der Waals surface area contributed by atoms with Crippen molar-refractivity contribution in [2.24, 2.45) is 5.92 Å². The van der Waals surface area contributed by atoms with E-state index >= 15 is 0 Å². The van der Waals surface area contributed by atoms with Gasteiger partial charge in [-0.2, -0.15) is 0 Å². The molecule has 0 heterocycles. The maximum absolute atomic E-state index is 11.9. The zero-order valence-electron chi connectivity index (χ0n) is 9.77. The summed E-state index contributed by atoms with van der Waals surface area (Å²) in [5.74, 6) is 1.42. The molecule has 1 saturated carbocycles. The highest BCUT2D eigenvalue weighted by atomic mass is 31.2. The van der Waals surface area contributed by atoms with Crippen molar-refractivity contribution in [3.05, 3.63) is 18.2 Å². The van der Waals surface area contributed by atoms with Crippen molar-refractivity contribution in [2.45, 2.75) is 12.8 Å². The van der Waals surface area contributed by atoms with Gasteiger partial charge < -0.3 is 15.0 Å². The molecule has 0 amide bonds. The lowest BCUT2D eigenvalue weighted by Gasteiger charge is -2.12. The average molecular weight is 239 g/mol. The Morgan fingerprint density at radius 1 is 1.44 bits per heavy atom. The first kappa shape index (κ1) is 11.5. The van der Waals surface area contributed by atoms with E-state index in [1.807, 2.05) is 12.1 Å². The monoisotopic (exact) mass is 239 g/mol. The van der Waals surface area contributed by atoms with Crippen LogP contribution in [-0.2, 0) is 4.57 Å². The minimum Gasteiger partial charge on any atom is -0.491 e. The summed E-state index contributed by atoms with van der Waals surface area (Å²) in [4.78, 5) is 0. The first-order valence-electron chi connectivity index (χ1n) is 5.54. The number of hydrogen-bond donors (Lipinski definition) is 1. The smallest absolute Gasteiger partial charge is 0.142 e. The second kappa shape index (κ2) is 4.14. The van der Waals surface area contributed by atoms with E-state index in [1.165, 1.54) is 12.8 Å². The van der Waals surface area contributed by atoms with Gasteiger partial charge in [0.25, 0.3) is 0 Å². The molecule has 1 aromatic carbocycles. The average Bonchev–Trinajstić information content (AvgIpc) is 2.98. The van der Waals surface area contributed by atoms with E-state index in [0.717, 1.165) is 11.9 Å². The molecule has 1 aliphatic rings. The van der Waals surface area contributed by atoms with Crippen LogP contribution in [0.15, 0.2) is 18.2 Å². The molecular formula is C12H18NO2P. The summed E-state index contributed by atoms with van der Waals surface area (Å²) in [6, 6.07) is 5.44. The van der Waals surface area contributed by atoms with Crippen LogP contribution in [0.2, 0.25) is 0 Å². The fraction of sp³-hybridized carbons (Fsp3) is 0.500. The lowest BCUT2D eigenvalue weighted by molar-refractivity contribution is 0.301. The van der Waals surface area contributed by atoms with Gasteiger partial charge in [0.2, 0.25) is 0 Å². The Morgan fingerprint density at radius 3 is 2.62 bits per heavy atom. The highest BCUT2D eigenvalue weighted by Gasteiger charge is 2.22. The standard InChI is InChI=1S/C12H18NO2P/c1-16(2,14)10-5-6-12(11(13)7-10)15-8-9-3-4-9/h5-7,9H,3-4,8,13H2,1-2H3. The van der Waals surface area contributed by atoms with Crippen LogP contribution in [0.5, 0.6) is 5.75 Å². The maximum Gasteiger partial charge on any atom is 0.142 e. The Hall–Kier alpha value is -0.950. The van der Waals surface area contributed by atoms with Gasteiger partial charge in [0.15, 0.2) is 0 Å². The molecule has 16 heavy (non-hydrogen) atoms. The zero-order valence-corrected chi connectivity index (χ0v) is 10.7. The van der Waals surface area contributed by atoms with Crippen LogP contribution in [0.1, 0.15) is 12.8 Å². The van der Waals surface area contributed by atoms with E-state index in [9.17, 15) is 4.57 Å². The van der Waals surface area contributed by atoms with Gasteiger partial charge in [-0.05, 0) is 50.3 Å². The van der Waals surface area contributed by atoms with Crippen molar-refractivity contribution < 1.29 is 9.30 Å². The summed E-state index contributed by atoms with van der Waals surface area (Å²) in [5.41, 5.74) is 6.46. The van der Waals surface area contributed by atoms with Crippen LogP contribution in [0.3, 0.4) is 0 Å². The molecule has 0 bridgehead atoms. The molecule has 1 aromatic rings. The van der Waals surface area contributed by atoms with Gasteiger partial charge in [-0.3, -0.25) is 0 Å². The SMILES string of the molecule is CP(C)(=O)c1ccc(OCC2CC2)c(N)c1. The highest BCUT2D eigenvalue weighted by Crippen LogP contribution is 2.37. The number of anilines is 1. The molecule has 0 atom stereocenters. The van der Waals surface area contributed by atoms with Crippen molar-refractivity contribution in [2.75, 3.05) is 25.7 Å². The molecule has 0 saturated heterocycles. The summed E-state index contributed by atoms with van der Waals surface area (Å²) in [7, 11) is -2.23. The minimum absolute atomic E-state index is 0.585. The quantitative estimate of drug-likeness (QED) is 0.648. The van der Waals surface area contributed by atoms with Gasteiger partial charge in [-0.15, -0.1) is 0 Å². The maximum atomic E-state index is 11.9. The summed E-state index contributed by atoms with van der Waals surface area (Å²) in [6.45, 7) is 4.23. The van der Waals surface area contributed by atoms with E-state index in [4.69, 9.17) is 10.5 Å². The molecule has 4 heteroatoms. The molecule has 0 unspecified atom stereocenters.